The molecule has 7 heterocycles. The fraction of sp³-hybridized carbons (Fsp3) is 0.302. The van der Waals surface area contributed by atoms with Crippen LogP contribution in [0.4, 0.5) is 16.2 Å². The number of aliphatic hydroxyl groups excluding tert-OH is 2. The number of nitrogens with one attached hydrogen (secondary N) is 1. The summed E-state index contributed by atoms with van der Waals surface area (Å²) in [6.45, 7) is 14.3. The van der Waals surface area contributed by atoms with Gasteiger partial charge in [-0.1, -0.05) is 38.5 Å². The minimum atomic E-state index is -1.49. The first-order valence-electron chi connectivity index (χ1n) is 18.6. The number of aromatic nitrogens is 6. The van der Waals surface area contributed by atoms with E-state index in [-0.39, 0.29) is 46.2 Å². The quantitative estimate of drug-likeness (QED) is 0.0688. The highest BCUT2D eigenvalue weighted by molar-refractivity contribution is 9.10. The van der Waals surface area contributed by atoms with Crippen LogP contribution in [0.2, 0.25) is 0 Å². The number of fused-ring (bicyclic) bond motifs is 2. The molecule has 2 aliphatic rings. The number of ether oxygens (including phenoxy) is 3. The number of pyridine rings is 3. The number of nitrogens with zero attached hydrogens (tertiary/aromatic N) is 7. The van der Waals surface area contributed by atoms with Crippen LogP contribution < -0.4 is 15.5 Å². The van der Waals surface area contributed by atoms with Crippen LogP contribution in [0, 0.1) is 33.2 Å². The van der Waals surface area contributed by atoms with Crippen molar-refractivity contribution in [3.63, 3.8) is 0 Å². The third-order valence-electron chi connectivity index (χ3n) is 9.03. The predicted molar refractivity (Wildman–Crippen MR) is 239 cm³/mol. The summed E-state index contributed by atoms with van der Waals surface area (Å²) in [6, 6.07) is 13.2. The second-order valence-electron chi connectivity index (χ2n) is 13.1. The number of imidazole rings is 1. The normalized spacial score (nSPS) is 12.3. The first-order valence-corrected chi connectivity index (χ1v) is 19.4. The van der Waals surface area contributed by atoms with Gasteiger partial charge in [0.25, 0.3) is 5.82 Å². The molecule has 0 aliphatic carbocycles. The molecule has 0 atom stereocenters. The van der Waals surface area contributed by atoms with E-state index < -0.39 is 13.4 Å². The molecule has 20 heteroatoms. The number of aldehydes is 2. The molecule has 17 nitrogen and oxygen atoms in total. The summed E-state index contributed by atoms with van der Waals surface area (Å²) in [4.78, 5) is 46.0. The Morgan fingerprint density at radius 3 is 2.14 bits per heavy atom. The fourth-order valence-electron chi connectivity index (χ4n) is 6.10. The van der Waals surface area contributed by atoms with E-state index in [1.54, 1.807) is 67.0 Å². The number of carbonyl (C=O) groups excluding carboxylic acids is 2. The van der Waals surface area contributed by atoms with Gasteiger partial charge < -0.3 is 44.6 Å². The summed E-state index contributed by atoms with van der Waals surface area (Å²) in [7, 11) is -1.49. The Bertz CT molecular complexity index is 2530. The molecule has 1 saturated heterocycles. The summed E-state index contributed by atoms with van der Waals surface area (Å²) >= 11 is 3.28. The van der Waals surface area contributed by atoms with Gasteiger partial charge in [-0.05, 0) is 73.1 Å². The van der Waals surface area contributed by atoms with Crippen molar-refractivity contribution in [3.05, 3.63) is 128 Å². The van der Waals surface area contributed by atoms with Gasteiger partial charge in [0.15, 0.2) is 12.6 Å². The van der Waals surface area contributed by atoms with Gasteiger partial charge in [-0.3, -0.25) is 19.0 Å². The molecular formula is C43H49BBrFN8O9. The van der Waals surface area contributed by atoms with Crippen LogP contribution in [0.25, 0.3) is 21.6 Å². The highest BCUT2D eigenvalue weighted by Crippen LogP contribution is 2.32. The summed E-state index contributed by atoms with van der Waals surface area (Å²) in [5.41, 5.74) is 7.26. The smallest absolute Gasteiger partial charge is 0.490 e. The molecule has 1 fully saturated rings. The Labute approximate surface area is 373 Å². The van der Waals surface area contributed by atoms with E-state index in [1.807, 2.05) is 13.0 Å². The molecule has 1 aromatic carbocycles. The second-order valence-corrected chi connectivity index (χ2v) is 13.9. The first kappa shape index (κ1) is 51.3. The number of halogens is 2. The highest BCUT2D eigenvalue weighted by Gasteiger charge is 2.23. The van der Waals surface area contributed by atoms with Crippen LogP contribution in [0.1, 0.15) is 76.0 Å². The standard InChI is InChI=1S/C23H17FN6O2.C9H12BNO4.C7H6BrNO.C2H6O2.2CH4/c1-13-15(4-3-14(12-31)28-13)18-10-27-23(30-11-21(25-2)29-22(18)30)26-9-17-16-7-8-32-20(16)6-5-19(17)24;1-6-7(10(12)13)2-3-8(11-6)9-14-4-5-15-9;1-5-7(8)3-2-6(4-10)9-5;3-1-2-4;;/h3-6,10-12H,7-9H2,1H3,(H,26,27);2-3,9,12-13H,4-5H2,1H3;2-4H,1H3;3-4H,1-2H2;2*1H4. The van der Waals surface area contributed by atoms with Gasteiger partial charge in [0, 0.05) is 63.4 Å². The highest BCUT2D eigenvalue weighted by atomic mass is 79.9. The molecule has 0 bridgehead atoms. The number of hydrogen-bond donors (Lipinski definition) is 5. The van der Waals surface area contributed by atoms with Crippen molar-refractivity contribution >= 4 is 58.5 Å². The van der Waals surface area contributed by atoms with Crippen LogP contribution in [0.15, 0.2) is 65.4 Å². The van der Waals surface area contributed by atoms with E-state index in [9.17, 15) is 14.0 Å². The number of anilines is 1. The van der Waals surface area contributed by atoms with Crippen LogP contribution >= 0.6 is 15.9 Å². The van der Waals surface area contributed by atoms with Crippen molar-refractivity contribution in [2.45, 2.75) is 54.9 Å². The van der Waals surface area contributed by atoms with Crippen molar-refractivity contribution in [2.24, 2.45) is 0 Å². The van der Waals surface area contributed by atoms with Crippen molar-refractivity contribution in [1.82, 2.24) is 29.3 Å². The Morgan fingerprint density at radius 2 is 1.56 bits per heavy atom. The molecule has 0 unspecified atom stereocenters. The van der Waals surface area contributed by atoms with Gasteiger partial charge in [0.1, 0.15) is 23.0 Å². The summed E-state index contributed by atoms with van der Waals surface area (Å²) in [5, 5.41) is 36.5. The van der Waals surface area contributed by atoms with Crippen LogP contribution in [-0.2, 0) is 22.4 Å². The molecule has 8 rings (SSSR count). The maximum atomic E-state index is 14.5. The number of rotatable bonds is 9. The summed E-state index contributed by atoms with van der Waals surface area (Å²) < 4.78 is 33.2. The van der Waals surface area contributed by atoms with E-state index >= 15 is 0 Å². The van der Waals surface area contributed by atoms with Gasteiger partial charge in [0.05, 0.1) is 50.0 Å². The van der Waals surface area contributed by atoms with Gasteiger partial charge in [-0.25, -0.2) is 19.3 Å². The number of aryl methyl sites for hydroxylation is 3. The summed E-state index contributed by atoms with van der Waals surface area (Å²) in [6.07, 6.45) is 4.88. The lowest BCUT2D eigenvalue weighted by molar-refractivity contribution is -0.0473. The Hall–Kier alpha value is -6.05. The average molecular weight is 932 g/mol. The van der Waals surface area contributed by atoms with E-state index in [4.69, 9.17) is 41.0 Å². The second kappa shape index (κ2) is 24.6. The Morgan fingerprint density at radius 1 is 0.889 bits per heavy atom. The first-order chi connectivity index (χ1) is 29.4. The van der Waals surface area contributed by atoms with E-state index in [2.05, 4.69) is 51.0 Å². The molecule has 332 valence electrons. The lowest BCUT2D eigenvalue weighted by Gasteiger charge is -2.13. The lowest BCUT2D eigenvalue weighted by Crippen LogP contribution is -2.33. The third kappa shape index (κ3) is 13.0. The zero-order valence-corrected chi connectivity index (χ0v) is 34.8. The molecule has 0 spiro atoms. The van der Waals surface area contributed by atoms with Gasteiger partial charge in [0.2, 0.25) is 17.9 Å². The molecule has 0 radical (unpaired) electrons. The monoisotopic (exact) mass is 930 g/mol. The number of carbonyl (C=O) groups is 2. The molecule has 5 aromatic heterocycles. The molecule has 5 N–H and O–H groups in total. The molecule has 6 aromatic rings. The average Bonchev–Trinajstić information content (AvgIpc) is 4.07. The van der Waals surface area contributed by atoms with Crippen molar-refractivity contribution in [3.8, 4) is 16.9 Å². The fourth-order valence-corrected chi connectivity index (χ4v) is 6.32. The minimum Gasteiger partial charge on any atom is -0.493 e. The topological polar surface area (TPSA) is 228 Å². The Balaban J connectivity index is 0.000000282. The number of hydrogen-bond acceptors (Lipinski definition) is 15. The largest absolute Gasteiger partial charge is 0.493 e. The molecular weight excluding hydrogens is 882 g/mol. The van der Waals surface area contributed by atoms with Crippen molar-refractivity contribution in [2.75, 3.05) is 38.4 Å². The number of benzene rings is 1. The van der Waals surface area contributed by atoms with Crippen LogP contribution in [0.5, 0.6) is 5.75 Å². The lowest BCUT2D eigenvalue weighted by atomic mass is 9.79. The maximum Gasteiger partial charge on any atom is 0.490 e. The van der Waals surface area contributed by atoms with Gasteiger partial charge in [-0.2, -0.15) is 0 Å². The molecule has 2 aliphatic heterocycles. The van der Waals surface area contributed by atoms with E-state index in [0.717, 1.165) is 27.6 Å². The van der Waals surface area contributed by atoms with E-state index in [1.165, 1.54) is 6.07 Å². The van der Waals surface area contributed by atoms with Crippen LogP contribution in [0.3, 0.4) is 0 Å². The Kier molecular flexibility index (Phi) is 20.0. The maximum absolute atomic E-state index is 14.5. The van der Waals surface area contributed by atoms with Crippen molar-refractivity contribution in [1.29, 1.82) is 0 Å². The molecule has 63 heavy (non-hydrogen) atoms. The predicted octanol–water partition coefficient (Wildman–Crippen LogP) is 5.47. The zero-order chi connectivity index (χ0) is 44.1. The van der Waals surface area contributed by atoms with E-state index in [0.29, 0.717) is 94.9 Å². The minimum absolute atomic E-state index is 0. The van der Waals surface area contributed by atoms with Gasteiger partial charge in [-0.15, -0.1) is 0 Å². The molecule has 0 amide bonds. The number of aliphatic hydroxyl groups is 2. The molecule has 0 saturated carbocycles. The van der Waals surface area contributed by atoms with Crippen LogP contribution in [-0.4, -0.2) is 102 Å². The van der Waals surface area contributed by atoms with Gasteiger partial charge >= 0.3 is 7.12 Å². The summed E-state index contributed by atoms with van der Waals surface area (Å²) in [5.74, 6) is 1.03. The SMILES string of the molecule is C.C.Cc1nc(C2OCCO2)ccc1B(O)O.Cc1nc(C=O)ccc1Br.OCCO.[C-]#[N+]c1cn2c(NCc3c(F)ccc4c3CCO4)ncc(-c3ccc(C=O)nc3C)c2n1. The third-order valence-corrected chi connectivity index (χ3v) is 9.87. The van der Waals surface area contributed by atoms with Crippen molar-refractivity contribution < 1.29 is 48.5 Å². The zero-order valence-electron chi connectivity index (χ0n) is 33.2.